The molecule has 0 spiro atoms. The van der Waals surface area contributed by atoms with E-state index in [9.17, 15) is 9.59 Å². The summed E-state index contributed by atoms with van der Waals surface area (Å²) in [5.41, 5.74) is 2.06. The van der Waals surface area contributed by atoms with Crippen LogP contribution in [0.5, 0.6) is 0 Å². The molecule has 0 bridgehead atoms. The fourth-order valence-electron chi connectivity index (χ4n) is 2.82. The zero-order chi connectivity index (χ0) is 14.3. The quantitative estimate of drug-likeness (QED) is 0.857. The first-order valence-electron chi connectivity index (χ1n) is 6.53. The molecule has 1 unspecified atom stereocenters. The molecule has 1 atom stereocenters. The van der Waals surface area contributed by atoms with Gasteiger partial charge in [0.15, 0.2) is 0 Å². The van der Waals surface area contributed by atoms with Crippen molar-refractivity contribution in [3.63, 3.8) is 0 Å². The smallest absolute Gasteiger partial charge is 0.296 e. The number of hydrogen-bond acceptors (Lipinski definition) is 4. The van der Waals surface area contributed by atoms with Gasteiger partial charge in [-0.05, 0) is 34.5 Å². The zero-order valence-electron chi connectivity index (χ0n) is 11.1. The SMILES string of the molecule is COCC1CCN(c2cc3c(cc2Br)C(=O)C(=O)N3)C1. The van der Waals surface area contributed by atoms with Crippen molar-refractivity contribution < 1.29 is 14.3 Å². The number of nitrogens with zero attached hydrogens (tertiary/aromatic N) is 1. The number of anilines is 2. The van der Waals surface area contributed by atoms with Gasteiger partial charge in [0.1, 0.15) is 0 Å². The maximum atomic E-state index is 11.7. The van der Waals surface area contributed by atoms with Crippen LogP contribution in [0.4, 0.5) is 11.4 Å². The summed E-state index contributed by atoms with van der Waals surface area (Å²) in [6.07, 6.45) is 1.09. The Bertz CT molecular complexity index is 588. The molecule has 2 heterocycles. The zero-order valence-corrected chi connectivity index (χ0v) is 12.7. The number of carbonyl (C=O) groups excluding carboxylic acids is 2. The van der Waals surface area contributed by atoms with Crippen molar-refractivity contribution in [3.8, 4) is 0 Å². The Kier molecular flexibility index (Phi) is 3.52. The van der Waals surface area contributed by atoms with Crippen LogP contribution in [0.3, 0.4) is 0 Å². The number of benzene rings is 1. The lowest BCUT2D eigenvalue weighted by molar-refractivity contribution is -0.112. The predicted octanol–water partition coefficient (Wildman–Crippen LogP) is 2.06. The minimum absolute atomic E-state index is 0.443. The fourth-order valence-corrected chi connectivity index (χ4v) is 3.41. The van der Waals surface area contributed by atoms with Crippen LogP contribution in [-0.2, 0) is 9.53 Å². The Labute approximate surface area is 125 Å². The number of carbonyl (C=O) groups is 2. The number of nitrogens with one attached hydrogen (secondary N) is 1. The van der Waals surface area contributed by atoms with Gasteiger partial charge in [0, 0.05) is 30.6 Å². The second-order valence-electron chi connectivity index (χ2n) is 5.19. The molecule has 1 aromatic rings. The summed E-state index contributed by atoms with van der Waals surface area (Å²) in [6.45, 7) is 2.63. The third kappa shape index (κ3) is 2.23. The van der Waals surface area contributed by atoms with E-state index in [1.165, 1.54) is 0 Å². The molecule has 1 fully saturated rings. The number of ketones is 1. The normalized spacial score (nSPS) is 21.3. The molecule has 0 radical (unpaired) electrons. The van der Waals surface area contributed by atoms with Crippen LogP contribution >= 0.6 is 15.9 Å². The minimum atomic E-state index is -0.553. The lowest BCUT2D eigenvalue weighted by Crippen LogP contribution is -2.21. The van der Waals surface area contributed by atoms with Crippen molar-refractivity contribution >= 4 is 39.0 Å². The highest BCUT2D eigenvalue weighted by Gasteiger charge is 2.31. The van der Waals surface area contributed by atoms with Crippen LogP contribution in [0.15, 0.2) is 16.6 Å². The summed E-state index contributed by atoms with van der Waals surface area (Å²) >= 11 is 3.50. The van der Waals surface area contributed by atoms with Crippen LogP contribution in [-0.4, -0.2) is 38.5 Å². The van der Waals surface area contributed by atoms with E-state index in [2.05, 4.69) is 26.1 Å². The molecule has 1 aromatic carbocycles. The largest absolute Gasteiger partial charge is 0.384 e. The van der Waals surface area contributed by atoms with Gasteiger partial charge in [-0.3, -0.25) is 9.59 Å². The molecule has 0 saturated carbocycles. The van der Waals surface area contributed by atoms with Crippen LogP contribution in [0.2, 0.25) is 0 Å². The van der Waals surface area contributed by atoms with E-state index in [4.69, 9.17) is 4.74 Å². The monoisotopic (exact) mass is 338 g/mol. The van der Waals surface area contributed by atoms with Crippen LogP contribution in [0, 0.1) is 5.92 Å². The van der Waals surface area contributed by atoms with Gasteiger partial charge in [0.2, 0.25) is 0 Å². The van der Waals surface area contributed by atoms with Gasteiger partial charge < -0.3 is 15.0 Å². The van der Waals surface area contributed by atoms with Gasteiger partial charge in [-0.15, -0.1) is 0 Å². The molecule has 6 heteroatoms. The molecule has 1 amide bonds. The van der Waals surface area contributed by atoms with Crippen molar-refractivity contribution in [1.29, 1.82) is 0 Å². The van der Waals surface area contributed by atoms with E-state index < -0.39 is 11.7 Å². The summed E-state index contributed by atoms with van der Waals surface area (Å²) in [5, 5.41) is 2.61. The molecular weight excluding hydrogens is 324 g/mol. The highest BCUT2D eigenvalue weighted by atomic mass is 79.9. The number of halogens is 1. The first-order valence-corrected chi connectivity index (χ1v) is 7.32. The summed E-state index contributed by atoms with van der Waals surface area (Å²) in [5.74, 6) is -0.495. The third-order valence-electron chi connectivity index (χ3n) is 3.81. The lowest BCUT2D eigenvalue weighted by atomic mass is 10.1. The van der Waals surface area contributed by atoms with Crippen LogP contribution < -0.4 is 10.2 Å². The molecule has 20 heavy (non-hydrogen) atoms. The Morgan fingerprint density at radius 3 is 3.00 bits per heavy atom. The van der Waals surface area contributed by atoms with Crippen molar-refractivity contribution in [2.75, 3.05) is 37.0 Å². The van der Waals surface area contributed by atoms with Crippen molar-refractivity contribution in [1.82, 2.24) is 0 Å². The first kappa shape index (κ1) is 13.6. The lowest BCUT2D eigenvalue weighted by Gasteiger charge is -2.21. The van der Waals surface area contributed by atoms with E-state index in [-0.39, 0.29) is 0 Å². The highest BCUT2D eigenvalue weighted by Crippen LogP contribution is 2.37. The van der Waals surface area contributed by atoms with Gasteiger partial charge in [0.25, 0.3) is 11.7 Å². The summed E-state index contributed by atoms with van der Waals surface area (Å²) in [4.78, 5) is 25.3. The summed E-state index contributed by atoms with van der Waals surface area (Å²) < 4.78 is 6.05. The average molecular weight is 339 g/mol. The van der Waals surface area contributed by atoms with Crippen LogP contribution in [0.25, 0.3) is 0 Å². The molecule has 106 valence electrons. The molecule has 0 aliphatic carbocycles. The van der Waals surface area contributed by atoms with Crippen molar-refractivity contribution in [2.24, 2.45) is 5.92 Å². The Hall–Kier alpha value is -1.40. The summed E-state index contributed by atoms with van der Waals surface area (Å²) in [6, 6.07) is 3.60. The second kappa shape index (κ2) is 5.18. The van der Waals surface area contributed by atoms with Crippen molar-refractivity contribution in [3.05, 3.63) is 22.2 Å². The molecule has 2 aliphatic rings. The maximum Gasteiger partial charge on any atom is 0.296 e. The molecule has 0 aromatic heterocycles. The number of rotatable bonds is 3. The van der Waals surface area contributed by atoms with E-state index >= 15 is 0 Å². The van der Waals surface area contributed by atoms with Gasteiger partial charge in [-0.25, -0.2) is 0 Å². The molecular formula is C14H15BrN2O3. The Morgan fingerprint density at radius 2 is 2.25 bits per heavy atom. The first-order chi connectivity index (χ1) is 9.60. The fraction of sp³-hybridized carbons (Fsp3) is 0.429. The Morgan fingerprint density at radius 1 is 1.45 bits per heavy atom. The van der Waals surface area contributed by atoms with Gasteiger partial charge in [-0.1, -0.05) is 0 Å². The standard InChI is InChI=1S/C14H15BrN2O3/c1-20-7-8-2-3-17(6-8)12-5-11-9(4-10(12)15)13(18)14(19)16-11/h4-5,8H,2-3,6-7H2,1H3,(H,16,18,19). The topological polar surface area (TPSA) is 58.6 Å². The minimum Gasteiger partial charge on any atom is -0.384 e. The molecule has 2 aliphatic heterocycles. The number of Topliss-reactive ketones (excluding diaryl/α,β-unsaturated/α-hetero) is 1. The Balaban J connectivity index is 1.87. The van der Waals surface area contributed by atoms with E-state index in [1.807, 2.05) is 6.07 Å². The number of methoxy groups -OCH3 is 1. The molecule has 1 saturated heterocycles. The second-order valence-corrected chi connectivity index (χ2v) is 6.04. The summed E-state index contributed by atoms with van der Waals surface area (Å²) in [7, 11) is 1.72. The van der Waals surface area contributed by atoms with Crippen molar-refractivity contribution in [2.45, 2.75) is 6.42 Å². The van der Waals surface area contributed by atoms with Crippen LogP contribution in [0.1, 0.15) is 16.8 Å². The van der Waals surface area contributed by atoms with Gasteiger partial charge in [-0.2, -0.15) is 0 Å². The van der Waals surface area contributed by atoms with E-state index in [0.29, 0.717) is 17.2 Å². The average Bonchev–Trinajstić information content (AvgIpc) is 2.97. The number of fused-ring (bicyclic) bond motifs is 1. The number of hydrogen-bond donors (Lipinski definition) is 1. The molecule has 1 N–H and O–H groups in total. The number of amides is 1. The molecule has 3 rings (SSSR count). The highest BCUT2D eigenvalue weighted by molar-refractivity contribution is 9.10. The predicted molar refractivity (Wildman–Crippen MR) is 79.3 cm³/mol. The van der Waals surface area contributed by atoms with E-state index in [1.54, 1.807) is 13.2 Å². The van der Waals surface area contributed by atoms with Gasteiger partial charge in [0.05, 0.1) is 23.5 Å². The molecule has 5 nitrogen and oxygen atoms in total. The third-order valence-corrected chi connectivity index (χ3v) is 4.45. The number of ether oxygens (including phenoxy) is 1. The van der Waals surface area contributed by atoms with Gasteiger partial charge >= 0.3 is 0 Å². The maximum absolute atomic E-state index is 11.7. The van der Waals surface area contributed by atoms with E-state index in [0.717, 1.165) is 36.3 Å².